The maximum absolute atomic E-state index is 12.6. The van der Waals surface area contributed by atoms with Crippen LogP contribution in [-0.2, 0) is 12.6 Å². The molecule has 0 amide bonds. The Hall–Kier alpha value is -2.01. The predicted molar refractivity (Wildman–Crippen MR) is 84.7 cm³/mol. The summed E-state index contributed by atoms with van der Waals surface area (Å²) in [5.41, 5.74) is 8.13. The standard InChI is InChI=1S/C18H20F3NO/c1-12-9-14(5-8-17(12)23-2)15(11-22)10-13-3-6-16(7-4-13)18(19,20)21/h3-9,15H,10-11,22H2,1-2H3. The Morgan fingerprint density at radius 1 is 1.09 bits per heavy atom. The van der Waals surface area contributed by atoms with Gasteiger partial charge in [0.2, 0.25) is 0 Å². The molecular weight excluding hydrogens is 303 g/mol. The minimum atomic E-state index is -4.31. The second kappa shape index (κ2) is 7.04. The van der Waals surface area contributed by atoms with E-state index in [0.717, 1.165) is 34.6 Å². The normalized spacial score (nSPS) is 13.0. The first-order valence-corrected chi connectivity index (χ1v) is 7.36. The summed E-state index contributed by atoms with van der Waals surface area (Å²) in [4.78, 5) is 0. The van der Waals surface area contributed by atoms with Crippen LogP contribution in [0.5, 0.6) is 5.75 Å². The van der Waals surface area contributed by atoms with Gasteiger partial charge >= 0.3 is 6.18 Å². The van der Waals surface area contributed by atoms with Gasteiger partial charge in [-0.2, -0.15) is 13.2 Å². The monoisotopic (exact) mass is 323 g/mol. The molecule has 23 heavy (non-hydrogen) atoms. The molecule has 5 heteroatoms. The largest absolute Gasteiger partial charge is 0.496 e. The number of benzene rings is 2. The maximum Gasteiger partial charge on any atom is 0.416 e. The Labute approximate surface area is 134 Å². The third-order valence-electron chi connectivity index (χ3n) is 3.94. The zero-order chi connectivity index (χ0) is 17.0. The van der Waals surface area contributed by atoms with Crippen molar-refractivity contribution in [1.82, 2.24) is 0 Å². The van der Waals surface area contributed by atoms with E-state index < -0.39 is 11.7 Å². The molecular formula is C18H20F3NO. The van der Waals surface area contributed by atoms with Crippen molar-refractivity contribution in [2.45, 2.75) is 25.4 Å². The van der Waals surface area contributed by atoms with Crippen molar-refractivity contribution in [3.63, 3.8) is 0 Å². The van der Waals surface area contributed by atoms with Crippen molar-refractivity contribution in [3.8, 4) is 5.75 Å². The van der Waals surface area contributed by atoms with E-state index in [1.54, 1.807) is 7.11 Å². The molecule has 0 aliphatic heterocycles. The van der Waals surface area contributed by atoms with E-state index in [1.165, 1.54) is 12.1 Å². The fourth-order valence-electron chi connectivity index (χ4n) is 2.61. The van der Waals surface area contributed by atoms with Gasteiger partial charge in [-0.1, -0.05) is 24.3 Å². The highest BCUT2D eigenvalue weighted by Crippen LogP contribution is 2.30. The summed E-state index contributed by atoms with van der Waals surface area (Å²) < 4.78 is 43.0. The Balaban J connectivity index is 2.17. The lowest BCUT2D eigenvalue weighted by Gasteiger charge is -2.17. The summed E-state index contributed by atoms with van der Waals surface area (Å²) in [5.74, 6) is 0.857. The second-order valence-electron chi connectivity index (χ2n) is 5.56. The topological polar surface area (TPSA) is 35.2 Å². The summed E-state index contributed by atoms with van der Waals surface area (Å²) in [6.07, 6.45) is -3.71. The number of methoxy groups -OCH3 is 1. The molecule has 0 spiro atoms. The van der Waals surface area contributed by atoms with E-state index in [4.69, 9.17) is 10.5 Å². The van der Waals surface area contributed by atoms with Gasteiger partial charge in [-0.05, 0) is 54.8 Å². The molecule has 0 heterocycles. The van der Waals surface area contributed by atoms with Crippen LogP contribution in [0.1, 0.15) is 28.2 Å². The number of hydrogen-bond donors (Lipinski definition) is 1. The van der Waals surface area contributed by atoms with E-state index in [9.17, 15) is 13.2 Å². The fourth-order valence-corrected chi connectivity index (χ4v) is 2.61. The van der Waals surface area contributed by atoms with E-state index in [0.29, 0.717) is 13.0 Å². The van der Waals surface area contributed by atoms with Gasteiger partial charge in [0.05, 0.1) is 12.7 Å². The van der Waals surface area contributed by atoms with Crippen LogP contribution in [0.25, 0.3) is 0 Å². The van der Waals surface area contributed by atoms with E-state index in [2.05, 4.69) is 0 Å². The number of ether oxygens (including phenoxy) is 1. The van der Waals surface area contributed by atoms with Crippen molar-refractivity contribution >= 4 is 0 Å². The Kier molecular flexibility index (Phi) is 5.31. The van der Waals surface area contributed by atoms with Gasteiger partial charge in [0.15, 0.2) is 0 Å². The van der Waals surface area contributed by atoms with Gasteiger partial charge in [-0.3, -0.25) is 0 Å². The van der Waals surface area contributed by atoms with Crippen molar-refractivity contribution in [3.05, 3.63) is 64.7 Å². The molecule has 0 radical (unpaired) electrons. The summed E-state index contributed by atoms with van der Waals surface area (Å²) in [5, 5.41) is 0. The summed E-state index contributed by atoms with van der Waals surface area (Å²) >= 11 is 0. The third-order valence-corrected chi connectivity index (χ3v) is 3.94. The molecule has 0 saturated carbocycles. The van der Waals surface area contributed by atoms with Crippen LogP contribution in [0.4, 0.5) is 13.2 Å². The number of aryl methyl sites for hydroxylation is 1. The Bertz CT molecular complexity index is 650. The van der Waals surface area contributed by atoms with Crippen LogP contribution in [0, 0.1) is 6.92 Å². The van der Waals surface area contributed by atoms with Crippen molar-refractivity contribution in [2.24, 2.45) is 5.73 Å². The highest BCUT2D eigenvalue weighted by Gasteiger charge is 2.30. The molecule has 2 rings (SSSR count). The molecule has 1 unspecified atom stereocenters. The zero-order valence-corrected chi connectivity index (χ0v) is 13.2. The lowest BCUT2D eigenvalue weighted by atomic mass is 9.90. The highest BCUT2D eigenvalue weighted by atomic mass is 19.4. The lowest BCUT2D eigenvalue weighted by molar-refractivity contribution is -0.137. The van der Waals surface area contributed by atoms with Crippen molar-refractivity contribution < 1.29 is 17.9 Å². The zero-order valence-electron chi connectivity index (χ0n) is 13.2. The summed E-state index contributed by atoms with van der Waals surface area (Å²) in [6.45, 7) is 2.38. The molecule has 0 aromatic heterocycles. The molecule has 0 fully saturated rings. The summed E-state index contributed by atoms with van der Waals surface area (Å²) in [7, 11) is 1.62. The molecule has 1 atom stereocenters. The van der Waals surface area contributed by atoms with Crippen molar-refractivity contribution in [2.75, 3.05) is 13.7 Å². The molecule has 124 valence electrons. The first kappa shape index (κ1) is 17.3. The quantitative estimate of drug-likeness (QED) is 0.890. The SMILES string of the molecule is COc1ccc(C(CN)Cc2ccc(C(F)(F)F)cc2)cc1C. The highest BCUT2D eigenvalue weighted by molar-refractivity contribution is 5.38. The fraction of sp³-hybridized carbons (Fsp3) is 0.333. The third kappa shape index (κ3) is 4.26. The maximum atomic E-state index is 12.6. The average molecular weight is 323 g/mol. The molecule has 0 bridgehead atoms. The first-order valence-electron chi connectivity index (χ1n) is 7.36. The number of hydrogen-bond acceptors (Lipinski definition) is 2. The van der Waals surface area contributed by atoms with Gasteiger partial charge in [-0.15, -0.1) is 0 Å². The van der Waals surface area contributed by atoms with Crippen LogP contribution in [-0.4, -0.2) is 13.7 Å². The van der Waals surface area contributed by atoms with Crippen LogP contribution in [0.3, 0.4) is 0 Å². The molecule has 0 saturated heterocycles. The molecule has 2 N–H and O–H groups in total. The second-order valence-corrected chi connectivity index (χ2v) is 5.56. The predicted octanol–water partition coefficient (Wildman–Crippen LogP) is 4.31. The van der Waals surface area contributed by atoms with Crippen LogP contribution < -0.4 is 10.5 Å². The first-order chi connectivity index (χ1) is 10.8. The minimum Gasteiger partial charge on any atom is -0.496 e. The number of halogens is 3. The lowest BCUT2D eigenvalue weighted by Crippen LogP contribution is -2.15. The van der Waals surface area contributed by atoms with Gasteiger partial charge in [0.25, 0.3) is 0 Å². The van der Waals surface area contributed by atoms with Gasteiger partial charge in [0, 0.05) is 5.92 Å². The van der Waals surface area contributed by atoms with E-state index >= 15 is 0 Å². The smallest absolute Gasteiger partial charge is 0.416 e. The Morgan fingerprint density at radius 2 is 1.74 bits per heavy atom. The van der Waals surface area contributed by atoms with Gasteiger partial charge in [-0.25, -0.2) is 0 Å². The van der Waals surface area contributed by atoms with Gasteiger partial charge < -0.3 is 10.5 Å². The Morgan fingerprint density at radius 3 is 2.22 bits per heavy atom. The van der Waals surface area contributed by atoms with Gasteiger partial charge in [0.1, 0.15) is 5.75 Å². The molecule has 0 aliphatic rings. The van der Waals surface area contributed by atoms with Crippen LogP contribution >= 0.6 is 0 Å². The van der Waals surface area contributed by atoms with Crippen LogP contribution in [0.15, 0.2) is 42.5 Å². The molecule has 2 aromatic rings. The minimum absolute atomic E-state index is 0.0522. The number of nitrogens with two attached hydrogens (primary N) is 1. The van der Waals surface area contributed by atoms with Crippen molar-refractivity contribution in [1.29, 1.82) is 0 Å². The van der Waals surface area contributed by atoms with E-state index in [1.807, 2.05) is 25.1 Å². The molecule has 2 nitrogen and oxygen atoms in total. The molecule has 0 aliphatic carbocycles. The van der Waals surface area contributed by atoms with Crippen LogP contribution in [0.2, 0.25) is 0 Å². The molecule has 2 aromatic carbocycles. The summed E-state index contributed by atoms with van der Waals surface area (Å²) in [6, 6.07) is 11.1. The average Bonchev–Trinajstić information content (AvgIpc) is 2.52. The number of alkyl halides is 3. The number of rotatable bonds is 5. The van der Waals surface area contributed by atoms with E-state index in [-0.39, 0.29) is 5.92 Å².